The lowest BCUT2D eigenvalue weighted by Crippen LogP contribution is -2.23. The molecule has 0 saturated heterocycles. The molecular weight excluding hydrogens is 396 g/mol. The average molecular weight is 431 g/mol. The highest BCUT2D eigenvalue weighted by molar-refractivity contribution is 5.69. The van der Waals surface area contributed by atoms with E-state index < -0.39 is 6.10 Å². The maximum atomic E-state index is 11.7. The highest BCUT2D eigenvalue weighted by Crippen LogP contribution is 2.52. The van der Waals surface area contributed by atoms with Crippen molar-refractivity contribution in [1.29, 1.82) is 0 Å². The minimum atomic E-state index is -0.534. The molecule has 6 nitrogen and oxygen atoms in total. The van der Waals surface area contributed by atoms with Gasteiger partial charge in [0, 0.05) is 37.2 Å². The second kappa shape index (κ2) is 10.3. The Hall–Kier alpha value is -2.34. The van der Waals surface area contributed by atoms with E-state index in [1.807, 2.05) is 31.2 Å². The van der Waals surface area contributed by atoms with Crippen LogP contribution in [0.4, 0.5) is 0 Å². The maximum Gasteiger partial charge on any atom is 0.305 e. The summed E-state index contributed by atoms with van der Waals surface area (Å²) in [5.74, 6) is 0.556. The van der Waals surface area contributed by atoms with Crippen molar-refractivity contribution >= 4 is 11.9 Å². The van der Waals surface area contributed by atoms with Crippen LogP contribution >= 0.6 is 0 Å². The molecule has 1 aliphatic carbocycles. The van der Waals surface area contributed by atoms with Gasteiger partial charge in [-0.05, 0) is 24.3 Å². The van der Waals surface area contributed by atoms with E-state index >= 15 is 0 Å². The summed E-state index contributed by atoms with van der Waals surface area (Å²) in [7, 11) is 1.40. The van der Waals surface area contributed by atoms with Gasteiger partial charge in [0.15, 0.2) is 0 Å². The van der Waals surface area contributed by atoms with Gasteiger partial charge in [-0.3, -0.25) is 9.59 Å². The van der Waals surface area contributed by atoms with Gasteiger partial charge in [-0.2, -0.15) is 0 Å². The summed E-state index contributed by atoms with van der Waals surface area (Å²) in [5, 5.41) is 10.4. The zero-order chi connectivity index (χ0) is 22.5. The number of hydrogen-bond donors (Lipinski definition) is 1. The molecule has 1 aliphatic heterocycles. The third-order valence-corrected chi connectivity index (χ3v) is 6.59. The number of rotatable bonds is 9. The fourth-order valence-electron chi connectivity index (χ4n) is 4.68. The second-order valence-corrected chi connectivity index (χ2v) is 8.67. The van der Waals surface area contributed by atoms with E-state index in [-0.39, 0.29) is 41.9 Å². The third kappa shape index (κ3) is 5.29. The molecule has 170 valence electrons. The Bertz CT molecular complexity index is 816. The van der Waals surface area contributed by atoms with Gasteiger partial charge in [0.25, 0.3) is 0 Å². The van der Waals surface area contributed by atoms with Gasteiger partial charge in [-0.25, -0.2) is 0 Å². The number of methoxy groups -OCH3 is 1. The lowest BCUT2D eigenvalue weighted by Gasteiger charge is -2.22. The lowest BCUT2D eigenvalue weighted by molar-refractivity contribution is -0.147. The average Bonchev–Trinajstić information content (AvgIpc) is 3.26. The van der Waals surface area contributed by atoms with Gasteiger partial charge in [-0.1, -0.05) is 50.6 Å². The molecule has 1 heterocycles. The number of aliphatic hydroxyl groups excluding tert-OH is 1. The zero-order valence-electron chi connectivity index (χ0n) is 18.9. The smallest absolute Gasteiger partial charge is 0.305 e. The van der Waals surface area contributed by atoms with Crippen LogP contribution < -0.4 is 4.74 Å². The van der Waals surface area contributed by atoms with Crippen LogP contribution in [0.5, 0.6) is 5.75 Å². The molecular formula is C25H34O6. The van der Waals surface area contributed by atoms with Gasteiger partial charge in [0.05, 0.1) is 13.2 Å². The van der Waals surface area contributed by atoms with Crippen LogP contribution in [0.1, 0.15) is 63.5 Å². The second-order valence-electron chi connectivity index (χ2n) is 8.67. The van der Waals surface area contributed by atoms with E-state index in [4.69, 9.17) is 14.2 Å². The fraction of sp³-hybridized carbons (Fsp3) is 0.600. The molecule has 0 bridgehead atoms. The maximum absolute atomic E-state index is 11.7. The Balaban J connectivity index is 1.82. The molecule has 0 amide bonds. The van der Waals surface area contributed by atoms with Crippen LogP contribution in [-0.4, -0.2) is 42.5 Å². The molecule has 0 spiro atoms. The molecule has 1 aromatic carbocycles. The summed E-state index contributed by atoms with van der Waals surface area (Å²) in [4.78, 5) is 23.1. The first-order chi connectivity index (χ1) is 14.8. The van der Waals surface area contributed by atoms with E-state index in [1.165, 1.54) is 14.0 Å². The molecule has 31 heavy (non-hydrogen) atoms. The molecule has 6 atom stereocenters. The van der Waals surface area contributed by atoms with E-state index in [0.29, 0.717) is 19.3 Å². The monoisotopic (exact) mass is 430 g/mol. The summed E-state index contributed by atoms with van der Waals surface area (Å²) in [6.07, 6.45) is 6.29. The molecule has 1 fully saturated rings. The molecule has 1 aromatic rings. The predicted octanol–water partition coefficient (Wildman–Crippen LogP) is 3.94. The summed E-state index contributed by atoms with van der Waals surface area (Å²) in [5.41, 5.74) is 2.20. The van der Waals surface area contributed by atoms with Crippen molar-refractivity contribution in [3.8, 4) is 5.75 Å². The highest BCUT2D eigenvalue weighted by Gasteiger charge is 2.50. The van der Waals surface area contributed by atoms with Crippen molar-refractivity contribution < 1.29 is 28.9 Å². The van der Waals surface area contributed by atoms with Crippen LogP contribution in [0.3, 0.4) is 0 Å². The standard InChI is InChI=1S/C25H34O6/c1-5-15(2)20(27)13-12-18-21(30-16(3)26)14-22-24(18)19-10-6-8-17(25(19)31-22)9-7-11-23(28)29-4/h6,8,10,12-13,15,18,20-22,24,27H,5,7,9,11,14H2,1-4H3/b13-12+/t15-,18+,20-,21-,22+,24+/m1/s1. The number of fused-ring (bicyclic) bond motifs is 3. The molecule has 0 radical (unpaired) electrons. The number of esters is 2. The highest BCUT2D eigenvalue weighted by atomic mass is 16.5. The molecule has 1 saturated carbocycles. The van der Waals surface area contributed by atoms with Crippen LogP contribution in [0, 0.1) is 11.8 Å². The van der Waals surface area contributed by atoms with Crippen molar-refractivity contribution in [2.24, 2.45) is 11.8 Å². The van der Waals surface area contributed by atoms with Crippen molar-refractivity contribution in [3.63, 3.8) is 0 Å². The molecule has 3 rings (SSSR count). The zero-order valence-corrected chi connectivity index (χ0v) is 18.9. The largest absolute Gasteiger partial charge is 0.489 e. The summed E-state index contributed by atoms with van der Waals surface area (Å²) < 4.78 is 16.7. The van der Waals surface area contributed by atoms with Crippen molar-refractivity contribution in [2.75, 3.05) is 7.11 Å². The van der Waals surface area contributed by atoms with Gasteiger partial charge in [0.1, 0.15) is 18.0 Å². The van der Waals surface area contributed by atoms with Gasteiger partial charge in [0.2, 0.25) is 0 Å². The summed E-state index contributed by atoms with van der Waals surface area (Å²) in [6, 6.07) is 6.14. The Morgan fingerprint density at radius 3 is 2.81 bits per heavy atom. The lowest BCUT2D eigenvalue weighted by atomic mass is 9.86. The van der Waals surface area contributed by atoms with E-state index in [1.54, 1.807) is 0 Å². The van der Waals surface area contributed by atoms with Gasteiger partial charge < -0.3 is 19.3 Å². The number of carbonyl (C=O) groups is 2. The van der Waals surface area contributed by atoms with Crippen molar-refractivity contribution in [2.45, 2.75) is 77.1 Å². The van der Waals surface area contributed by atoms with Crippen LogP contribution in [-0.2, 0) is 25.5 Å². The quantitative estimate of drug-likeness (QED) is 0.472. The van der Waals surface area contributed by atoms with Gasteiger partial charge in [-0.15, -0.1) is 0 Å². The third-order valence-electron chi connectivity index (χ3n) is 6.59. The van der Waals surface area contributed by atoms with Crippen LogP contribution in [0.25, 0.3) is 0 Å². The number of hydrogen-bond acceptors (Lipinski definition) is 6. The fourth-order valence-corrected chi connectivity index (χ4v) is 4.68. The number of carbonyl (C=O) groups excluding carboxylic acids is 2. The molecule has 2 aliphatic rings. The number of benzene rings is 1. The van der Waals surface area contributed by atoms with Crippen LogP contribution in [0.2, 0.25) is 0 Å². The Labute approximate surface area is 184 Å². The first-order valence-corrected chi connectivity index (χ1v) is 11.2. The Kier molecular flexibility index (Phi) is 7.76. The first kappa shape index (κ1) is 23.3. The van der Waals surface area contributed by atoms with E-state index in [2.05, 4.69) is 13.0 Å². The first-order valence-electron chi connectivity index (χ1n) is 11.2. The molecule has 0 unspecified atom stereocenters. The molecule has 0 aromatic heterocycles. The molecule has 1 N–H and O–H groups in total. The normalized spacial score (nSPS) is 26.1. The van der Waals surface area contributed by atoms with E-state index in [0.717, 1.165) is 29.7 Å². The SMILES string of the molecule is CC[C@@H](C)[C@H](O)/C=C/[C@@H]1[C@H]2c3cccc(CCCC(=O)OC)c3O[C@H]2C[C@H]1OC(C)=O. The van der Waals surface area contributed by atoms with Crippen LogP contribution in [0.15, 0.2) is 30.4 Å². The summed E-state index contributed by atoms with van der Waals surface area (Å²) >= 11 is 0. The van der Waals surface area contributed by atoms with Crippen molar-refractivity contribution in [3.05, 3.63) is 41.5 Å². The molecule has 6 heteroatoms. The van der Waals surface area contributed by atoms with Crippen molar-refractivity contribution in [1.82, 2.24) is 0 Å². The van der Waals surface area contributed by atoms with E-state index in [9.17, 15) is 14.7 Å². The van der Waals surface area contributed by atoms with Gasteiger partial charge >= 0.3 is 11.9 Å². The number of aryl methyl sites for hydroxylation is 1. The Morgan fingerprint density at radius 2 is 2.13 bits per heavy atom. The number of ether oxygens (including phenoxy) is 3. The number of para-hydroxylation sites is 1. The number of aliphatic hydroxyl groups is 1. The predicted molar refractivity (Wildman–Crippen MR) is 117 cm³/mol. The topological polar surface area (TPSA) is 82.1 Å². The summed E-state index contributed by atoms with van der Waals surface area (Å²) in [6.45, 7) is 5.50. The minimum Gasteiger partial charge on any atom is -0.489 e. The minimum absolute atomic E-state index is 0.0563. The Morgan fingerprint density at radius 1 is 1.35 bits per heavy atom.